The van der Waals surface area contributed by atoms with Gasteiger partial charge in [-0.05, 0) is 30.7 Å². The van der Waals surface area contributed by atoms with E-state index in [-0.39, 0.29) is 0 Å². The quantitative estimate of drug-likeness (QED) is 0.674. The molecule has 108 valence electrons. The SMILES string of the molecule is Cc1cccnc1Cn1c(CCCl)nc2cccc(Cl)c21. The number of aryl methyl sites for hydroxylation is 2. The zero-order valence-corrected chi connectivity index (χ0v) is 13.2. The van der Waals surface area contributed by atoms with E-state index in [0.29, 0.717) is 23.9 Å². The van der Waals surface area contributed by atoms with Crippen molar-refractivity contribution in [1.82, 2.24) is 14.5 Å². The molecule has 0 N–H and O–H groups in total. The number of nitrogens with zero attached hydrogens (tertiary/aromatic N) is 3. The highest BCUT2D eigenvalue weighted by Gasteiger charge is 2.14. The first-order chi connectivity index (χ1) is 10.2. The van der Waals surface area contributed by atoms with Crippen LogP contribution >= 0.6 is 23.2 Å². The molecule has 0 radical (unpaired) electrons. The van der Waals surface area contributed by atoms with E-state index < -0.39 is 0 Å². The smallest absolute Gasteiger partial charge is 0.111 e. The Balaban J connectivity index is 2.15. The number of benzene rings is 1. The highest BCUT2D eigenvalue weighted by Crippen LogP contribution is 2.26. The average molecular weight is 320 g/mol. The molecule has 0 aliphatic rings. The standard InChI is InChI=1S/C16H15Cl2N3/c1-11-4-3-9-19-14(11)10-21-15(7-8-17)20-13-6-2-5-12(18)16(13)21/h2-6,9H,7-8,10H2,1H3. The fraction of sp³-hybridized carbons (Fsp3) is 0.250. The Bertz CT molecular complexity index is 780. The predicted molar refractivity (Wildman–Crippen MR) is 87.2 cm³/mol. The topological polar surface area (TPSA) is 30.7 Å². The van der Waals surface area contributed by atoms with E-state index >= 15 is 0 Å². The van der Waals surface area contributed by atoms with Gasteiger partial charge < -0.3 is 4.57 Å². The number of fused-ring (bicyclic) bond motifs is 1. The second kappa shape index (κ2) is 6.04. The summed E-state index contributed by atoms with van der Waals surface area (Å²) in [4.78, 5) is 9.12. The van der Waals surface area contributed by atoms with E-state index in [1.165, 1.54) is 0 Å². The highest BCUT2D eigenvalue weighted by atomic mass is 35.5. The molecule has 3 nitrogen and oxygen atoms in total. The molecule has 0 amide bonds. The van der Waals surface area contributed by atoms with Crippen molar-refractivity contribution >= 4 is 34.2 Å². The van der Waals surface area contributed by atoms with Crippen LogP contribution in [0.3, 0.4) is 0 Å². The second-order valence-corrected chi connectivity index (χ2v) is 5.71. The Morgan fingerprint density at radius 1 is 1.19 bits per heavy atom. The van der Waals surface area contributed by atoms with Crippen molar-refractivity contribution < 1.29 is 0 Å². The molecule has 5 heteroatoms. The lowest BCUT2D eigenvalue weighted by atomic mass is 10.2. The normalized spacial score (nSPS) is 11.2. The fourth-order valence-electron chi connectivity index (χ4n) is 2.47. The largest absolute Gasteiger partial charge is 0.321 e. The van der Waals surface area contributed by atoms with Crippen molar-refractivity contribution in [2.24, 2.45) is 0 Å². The van der Waals surface area contributed by atoms with Crippen LogP contribution in [0.1, 0.15) is 17.1 Å². The zero-order chi connectivity index (χ0) is 14.8. The summed E-state index contributed by atoms with van der Waals surface area (Å²) in [7, 11) is 0. The molecule has 0 saturated carbocycles. The van der Waals surface area contributed by atoms with Gasteiger partial charge in [0, 0.05) is 18.5 Å². The molecule has 1 aromatic carbocycles. The van der Waals surface area contributed by atoms with Gasteiger partial charge in [0.25, 0.3) is 0 Å². The summed E-state index contributed by atoms with van der Waals surface area (Å²) in [6.07, 6.45) is 2.52. The van der Waals surface area contributed by atoms with E-state index in [1.54, 1.807) is 0 Å². The van der Waals surface area contributed by atoms with Crippen LogP contribution in [-0.2, 0) is 13.0 Å². The van der Waals surface area contributed by atoms with Crippen molar-refractivity contribution in [2.75, 3.05) is 5.88 Å². The summed E-state index contributed by atoms with van der Waals surface area (Å²) in [5.74, 6) is 1.47. The Morgan fingerprint density at radius 3 is 2.81 bits per heavy atom. The summed E-state index contributed by atoms with van der Waals surface area (Å²) in [6, 6.07) is 9.78. The number of pyridine rings is 1. The van der Waals surface area contributed by atoms with Crippen molar-refractivity contribution in [3.8, 4) is 0 Å². The summed E-state index contributed by atoms with van der Waals surface area (Å²) in [5.41, 5.74) is 4.02. The number of aromatic nitrogens is 3. The lowest BCUT2D eigenvalue weighted by Crippen LogP contribution is -2.08. The summed E-state index contributed by atoms with van der Waals surface area (Å²) in [6.45, 7) is 2.71. The molecular weight excluding hydrogens is 305 g/mol. The molecule has 2 aromatic heterocycles. The van der Waals surface area contributed by atoms with Gasteiger partial charge in [-0.3, -0.25) is 4.98 Å². The molecular formula is C16H15Cl2N3. The molecule has 0 spiro atoms. The minimum Gasteiger partial charge on any atom is -0.321 e. The van der Waals surface area contributed by atoms with Crippen LogP contribution in [0.2, 0.25) is 5.02 Å². The fourth-order valence-corrected chi connectivity index (χ4v) is 2.91. The lowest BCUT2D eigenvalue weighted by molar-refractivity contribution is 0.733. The van der Waals surface area contributed by atoms with Crippen molar-refractivity contribution in [1.29, 1.82) is 0 Å². The Kier molecular flexibility index (Phi) is 4.13. The first-order valence-corrected chi connectivity index (χ1v) is 7.72. The van der Waals surface area contributed by atoms with E-state index in [9.17, 15) is 0 Å². The maximum absolute atomic E-state index is 6.37. The molecule has 0 aliphatic carbocycles. The van der Waals surface area contributed by atoms with Crippen molar-refractivity contribution in [2.45, 2.75) is 19.9 Å². The molecule has 3 aromatic rings. The third kappa shape index (κ3) is 2.76. The predicted octanol–water partition coefficient (Wildman–Crippen LogP) is 4.22. The number of alkyl halides is 1. The van der Waals surface area contributed by atoms with Gasteiger partial charge in [-0.15, -0.1) is 11.6 Å². The molecule has 3 rings (SSSR count). The van der Waals surface area contributed by atoms with Crippen LogP contribution in [-0.4, -0.2) is 20.4 Å². The number of imidazole rings is 1. The molecule has 21 heavy (non-hydrogen) atoms. The lowest BCUT2D eigenvalue weighted by Gasteiger charge is -2.10. The molecule has 0 aliphatic heterocycles. The van der Waals surface area contributed by atoms with Gasteiger partial charge in [-0.1, -0.05) is 23.7 Å². The van der Waals surface area contributed by atoms with Crippen LogP contribution < -0.4 is 0 Å². The van der Waals surface area contributed by atoms with Crippen LogP contribution in [0, 0.1) is 6.92 Å². The minimum atomic E-state index is 0.530. The minimum absolute atomic E-state index is 0.530. The van der Waals surface area contributed by atoms with Gasteiger partial charge in [0.1, 0.15) is 5.82 Å². The van der Waals surface area contributed by atoms with Gasteiger partial charge >= 0.3 is 0 Å². The van der Waals surface area contributed by atoms with E-state index in [4.69, 9.17) is 23.2 Å². The summed E-state index contributed by atoms with van der Waals surface area (Å²) >= 11 is 12.3. The van der Waals surface area contributed by atoms with Crippen LogP contribution in [0.15, 0.2) is 36.5 Å². The van der Waals surface area contributed by atoms with Gasteiger partial charge in [-0.25, -0.2) is 4.98 Å². The number of halogens is 2. The summed E-state index contributed by atoms with van der Waals surface area (Å²) in [5, 5.41) is 0.703. The van der Waals surface area contributed by atoms with E-state index in [2.05, 4.69) is 27.5 Å². The third-order valence-electron chi connectivity index (χ3n) is 3.54. The second-order valence-electron chi connectivity index (χ2n) is 4.93. The molecule has 0 atom stereocenters. The molecule has 0 unspecified atom stereocenters. The van der Waals surface area contributed by atoms with Gasteiger partial charge in [-0.2, -0.15) is 0 Å². The van der Waals surface area contributed by atoms with Gasteiger partial charge in [0.05, 0.1) is 28.3 Å². The van der Waals surface area contributed by atoms with Crippen LogP contribution in [0.25, 0.3) is 11.0 Å². The van der Waals surface area contributed by atoms with Crippen LogP contribution in [0.4, 0.5) is 0 Å². The number of para-hydroxylation sites is 1. The Morgan fingerprint density at radius 2 is 2.05 bits per heavy atom. The van der Waals surface area contributed by atoms with E-state index in [0.717, 1.165) is 28.1 Å². The number of hydrogen-bond donors (Lipinski definition) is 0. The molecule has 0 bridgehead atoms. The van der Waals surface area contributed by atoms with Crippen LogP contribution in [0.5, 0.6) is 0 Å². The maximum atomic E-state index is 6.37. The Labute approximate surface area is 133 Å². The number of rotatable bonds is 4. The first kappa shape index (κ1) is 14.4. The van der Waals surface area contributed by atoms with Gasteiger partial charge in [0.15, 0.2) is 0 Å². The molecule has 0 fully saturated rings. The van der Waals surface area contributed by atoms with Crippen molar-refractivity contribution in [3.63, 3.8) is 0 Å². The molecule has 0 saturated heterocycles. The first-order valence-electron chi connectivity index (χ1n) is 6.81. The molecule has 2 heterocycles. The van der Waals surface area contributed by atoms with E-state index in [1.807, 2.05) is 30.5 Å². The third-order valence-corrected chi connectivity index (χ3v) is 4.03. The summed E-state index contributed by atoms with van der Waals surface area (Å²) < 4.78 is 2.12. The van der Waals surface area contributed by atoms with Gasteiger partial charge in [0.2, 0.25) is 0 Å². The Hall–Kier alpha value is -1.58. The monoisotopic (exact) mass is 319 g/mol. The zero-order valence-electron chi connectivity index (χ0n) is 11.7. The van der Waals surface area contributed by atoms with Crippen molar-refractivity contribution in [3.05, 3.63) is 58.6 Å². The highest BCUT2D eigenvalue weighted by molar-refractivity contribution is 6.35. The average Bonchev–Trinajstić information content (AvgIpc) is 2.81. The maximum Gasteiger partial charge on any atom is 0.111 e. The number of hydrogen-bond acceptors (Lipinski definition) is 2.